The number of fused-ring (bicyclic) bond motifs is 2. The molecule has 0 radical (unpaired) electrons. The number of nitrogens with one attached hydrogen (secondary N) is 2. The van der Waals surface area contributed by atoms with Gasteiger partial charge in [-0.15, -0.1) is 0 Å². The average molecular weight is 691 g/mol. The molecule has 2 aromatic carbocycles. The highest BCUT2D eigenvalue weighted by molar-refractivity contribution is 8.09. The van der Waals surface area contributed by atoms with E-state index in [-0.39, 0.29) is 23.4 Å². The lowest BCUT2D eigenvalue weighted by Gasteiger charge is -2.27. The molecule has 0 saturated carbocycles. The van der Waals surface area contributed by atoms with Crippen LogP contribution < -0.4 is 10.6 Å². The number of hydrogen-bond donors (Lipinski definition) is 2. The zero-order valence-electron chi connectivity index (χ0n) is 24.9. The maximum absolute atomic E-state index is 13.0. The molecule has 14 nitrogen and oxygen atoms in total. The second-order valence-electron chi connectivity index (χ2n) is 11.0. The van der Waals surface area contributed by atoms with Crippen molar-refractivity contribution in [1.29, 1.82) is 0 Å². The minimum atomic E-state index is -4.54. The summed E-state index contributed by atoms with van der Waals surface area (Å²) in [6.45, 7) is 2.32. The van der Waals surface area contributed by atoms with Crippen molar-refractivity contribution in [2.45, 2.75) is 41.8 Å². The monoisotopic (exact) mass is 690 g/mol. The number of amides is 1. The Kier molecular flexibility index (Phi) is 8.54. The Balaban J connectivity index is 1.38. The van der Waals surface area contributed by atoms with Crippen molar-refractivity contribution in [1.82, 2.24) is 24.8 Å². The Bertz CT molecular complexity index is 1910. The first kappa shape index (κ1) is 32.3. The maximum Gasteiger partial charge on any atom is 0.379 e. The average Bonchev–Trinajstić information content (AvgIpc) is 3.71. The van der Waals surface area contributed by atoms with Gasteiger partial charge in [-0.05, 0) is 29.7 Å². The molecule has 1 amide bonds. The molecule has 2 aliphatic heterocycles. The summed E-state index contributed by atoms with van der Waals surface area (Å²) < 4.78 is 67.1. The van der Waals surface area contributed by atoms with Gasteiger partial charge in [-0.2, -0.15) is 9.97 Å². The summed E-state index contributed by atoms with van der Waals surface area (Å²) in [4.78, 5) is 26.2. The van der Waals surface area contributed by atoms with Crippen molar-refractivity contribution in [3.05, 3.63) is 83.4 Å². The van der Waals surface area contributed by atoms with Gasteiger partial charge in [-0.3, -0.25) is 9.36 Å². The predicted molar refractivity (Wildman–Crippen MR) is 168 cm³/mol. The van der Waals surface area contributed by atoms with Crippen molar-refractivity contribution >= 4 is 54.2 Å². The number of rotatable bonds is 10. The third-order valence-electron chi connectivity index (χ3n) is 7.81. The third-order valence-corrected chi connectivity index (χ3v) is 12.0. The summed E-state index contributed by atoms with van der Waals surface area (Å²) >= 11 is 6.38. The van der Waals surface area contributed by atoms with Gasteiger partial charge in [0.1, 0.15) is 12.2 Å². The van der Waals surface area contributed by atoms with Crippen LogP contribution in [0.2, 0.25) is 5.28 Å². The number of hydrogen-bond acceptors (Lipinski definition) is 12. The fourth-order valence-electron chi connectivity index (χ4n) is 5.79. The zero-order valence-corrected chi connectivity index (χ0v) is 27.3. The van der Waals surface area contributed by atoms with Gasteiger partial charge in [0, 0.05) is 31.5 Å². The smallest absolute Gasteiger partial charge is 0.367 e. The second-order valence-corrected chi connectivity index (χ2v) is 15.7. The highest BCUT2D eigenvalue weighted by Crippen LogP contribution is 2.48. The first-order valence-electron chi connectivity index (χ1n) is 14.3. The molecular weight excluding hydrogens is 660 g/mol. The van der Waals surface area contributed by atoms with E-state index in [4.69, 9.17) is 25.8 Å². The largest absolute Gasteiger partial charge is 0.379 e. The number of anilines is 1. The number of sulfone groups is 2. The van der Waals surface area contributed by atoms with E-state index in [1.54, 1.807) is 6.92 Å². The minimum Gasteiger partial charge on any atom is -0.367 e. The number of imidazole rings is 1. The van der Waals surface area contributed by atoms with E-state index in [0.717, 1.165) is 11.1 Å². The van der Waals surface area contributed by atoms with Crippen molar-refractivity contribution in [3.63, 3.8) is 0 Å². The Morgan fingerprint density at radius 1 is 0.957 bits per heavy atom. The quantitative estimate of drug-likeness (QED) is 0.232. The Morgan fingerprint density at radius 2 is 1.54 bits per heavy atom. The molecule has 2 fully saturated rings. The van der Waals surface area contributed by atoms with E-state index < -0.39 is 54.6 Å². The van der Waals surface area contributed by atoms with Gasteiger partial charge < -0.3 is 24.8 Å². The van der Waals surface area contributed by atoms with Gasteiger partial charge in [-0.1, -0.05) is 60.7 Å². The van der Waals surface area contributed by atoms with Gasteiger partial charge in [0.2, 0.25) is 25.0 Å². The Morgan fingerprint density at radius 3 is 2.11 bits per heavy atom. The van der Waals surface area contributed by atoms with E-state index in [1.165, 1.54) is 10.9 Å². The minimum absolute atomic E-state index is 0.0609. The highest BCUT2D eigenvalue weighted by Gasteiger charge is 2.69. The molecule has 46 heavy (non-hydrogen) atoms. The number of carbonyl (C=O) groups is 1. The van der Waals surface area contributed by atoms with Crippen LogP contribution in [0.5, 0.6) is 0 Å². The van der Waals surface area contributed by atoms with Gasteiger partial charge >= 0.3 is 4.45 Å². The first-order chi connectivity index (χ1) is 21.8. The summed E-state index contributed by atoms with van der Waals surface area (Å²) in [5, 5.41) is 5.81. The molecule has 0 aliphatic carbocycles. The number of halogens is 1. The Labute approximate surface area is 270 Å². The number of ether oxygens (including phenoxy) is 3. The topological polar surface area (TPSA) is 181 Å². The molecule has 0 bridgehead atoms. The van der Waals surface area contributed by atoms with Crippen LogP contribution in [-0.4, -0.2) is 90.6 Å². The van der Waals surface area contributed by atoms with Crippen LogP contribution in [-0.2, 0) is 38.7 Å². The summed E-state index contributed by atoms with van der Waals surface area (Å²) in [5.74, 6) is -0.395. The fraction of sp³-hybridized carbons (Fsp3) is 0.379. The van der Waals surface area contributed by atoms with Gasteiger partial charge in [0.25, 0.3) is 5.91 Å². The molecule has 17 heteroatoms. The third kappa shape index (κ3) is 5.62. The van der Waals surface area contributed by atoms with Crippen LogP contribution >= 0.6 is 11.6 Å². The van der Waals surface area contributed by atoms with Crippen molar-refractivity contribution in [2.24, 2.45) is 0 Å². The van der Waals surface area contributed by atoms with Crippen molar-refractivity contribution < 1.29 is 35.8 Å². The molecule has 4 heterocycles. The number of benzene rings is 2. The van der Waals surface area contributed by atoms with Gasteiger partial charge in [-0.25, -0.2) is 21.8 Å². The number of aromatic nitrogens is 4. The lowest BCUT2D eigenvalue weighted by Crippen LogP contribution is -2.49. The van der Waals surface area contributed by atoms with Gasteiger partial charge in [0.05, 0.1) is 6.33 Å². The maximum atomic E-state index is 13.0. The summed E-state index contributed by atoms with van der Waals surface area (Å²) in [5.41, 5.74) is 2.60. The molecule has 2 aromatic heterocycles. The molecule has 4 atom stereocenters. The molecule has 2 aliphatic rings. The molecule has 4 unspecified atom stereocenters. The normalized spacial score (nSPS) is 22.6. The number of nitrogens with zero attached hydrogens (tertiary/aromatic N) is 4. The first-order valence-corrected chi connectivity index (χ1v) is 18.4. The highest BCUT2D eigenvalue weighted by atomic mass is 35.5. The Hall–Kier alpha value is -3.67. The van der Waals surface area contributed by atoms with Crippen LogP contribution in [0.15, 0.2) is 67.0 Å². The molecule has 4 aromatic rings. The molecule has 6 rings (SSSR count). The lowest BCUT2D eigenvalue weighted by atomic mass is 9.91. The molecule has 0 spiro atoms. The lowest BCUT2D eigenvalue weighted by molar-refractivity contribution is -0.154. The second kappa shape index (κ2) is 12.2. The fourth-order valence-corrected chi connectivity index (χ4v) is 9.29. The van der Waals surface area contributed by atoms with Crippen LogP contribution in [0, 0.1) is 0 Å². The van der Waals surface area contributed by atoms with Crippen LogP contribution in [0.4, 0.5) is 5.82 Å². The summed E-state index contributed by atoms with van der Waals surface area (Å²) in [7, 11) is -9.07. The summed E-state index contributed by atoms with van der Waals surface area (Å²) in [6.07, 6.45) is -2.79. The zero-order chi connectivity index (χ0) is 32.9. The standard InChI is InChI=1S/C29H31ClN6O8S2/c1-4-31-26(37)22-21-23(44-29(43-21,45(2,38)39)46(3,40)41)27(42-22)36-16-33-20-24(34-28(30)35-25(20)36)32-15-19(17-11-7-5-8-12-17)18-13-9-6-10-14-18/h5-14,16,19,21-23,27H,4,15H2,1-3H3,(H,31,37)(H,32,34,35). The van der Waals surface area contributed by atoms with E-state index in [2.05, 4.69) is 25.6 Å². The predicted octanol–water partition coefficient (Wildman–Crippen LogP) is 2.24. The summed E-state index contributed by atoms with van der Waals surface area (Å²) in [6, 6.07) is 19.9. The van der Waals surface area contributed by atoms with Crippen LogP contribution in [0.25, 0.3) is 11.2 Å². The molecule has 2 N–H and O–H groups in total. The van der Waals surface area contributed by atoms with Crippen LogP contribution in [0.3, 0.4) is 0 Å². The number of likely N-dealkylation sites (N-methyl/N-ethyl adjacent to an activating group) is 1. The van der Waals surface area contributed by atoms with E-state index in [1.807, 2.05) is 60.7 Å². The van der Waals surface area contributed by atoms with Crippen LogP contribution in [0.1, 0.15) is 30.2 Å². The molecule has 244 valence electrons. The van der Waals surface area contributed by atoms with Crippen molar-refractivity contribution in [2.75, 3.05) is 30.9 Å². The van der Waals surface area contributed by atoms with Crippen molar-refractivity contribution in [3.8, 4) is 0 Å². The van der Waals surface area contributed by atoms with E-state index in [0.29, 0.717) is 30.4 Å². The van der Waals surface area contributed by atoms with E-state index in [9.17, 15) is 21.6 Å². The molecular formula is C29H31ClN6O8S2. The SMILES string of the molecule is CCNC(=O)C1OC(n2cnc3c(NCC(c4ccccc4)c4ccccc4)nc(Cl)nc32)C2OC(S(C)(=O)=O)(S(C)(=O)=O)OC12. The van der Waals surface area contributed by atoms with E-state index >= 15 is 0 Å². The molecule has 2 saturated heterocycles. The number of carbonyl (C=O) groups excluding carboxylic acids is 1. The van der Waals surface area contributed by atoms with Gasteiger partial charge in [0.15, 0.2) is 29.3 Å².